The van der Waals surface area contributed by atoms with Crippen molar-refractivity contribution in [2.45, 2.75) is 24.9 Å². The first-order valence-corrected chi connectivity index (χ1v) is 24.5. The van der Waals surface area contributed by atoms with Crippen LogP contribution in [0.25, 0.3) is 39.5 Å². The van der Waals surface area contributed by atoms with E-state index in [-0.39, 0.29) is 40.3 Å². The zero-order valence-corrected chi connectivity index (χ0v) is 40.6. The Labute approximate surface area is 423 Å². The number of ether oxygens (including phenoxy) is 4. The Morgan fingerprint density at radius 2 is 1.22 bits per heavy atom. The summed E-state index contributed by atoms with van der Waals surface area (Å²) in [5.74, 6) is 2.50. The third-order valence-corrected chi connectivity index (χ3v) is 13.8. The first-order valence-electron chi connectivity index (χ1n) is 24.1. The molecule has 4 aromatic carbocycles. The molecular formula is C55H50ClN9O8. The number of nitrogens with zero attached hydrogens (tertiary/aromatic N) is 9. The average Bonchev–Trinajstić information content (AvgIpc) is 4.22. The zero-order valence-electron chi connectivity index (χ0n) is 39.8. The van der Waals surface area contributed by atoms with Gasteiger partial charge in [-0.3, -0.25) is 37.8 Å². The molecule has 3 saturated heterocycles. The van der Waals surface area contributed by atoms with Crippen molar-refractivity contribution in [3.63, 3.8) is 0 Å². The number of imidazole rings is 2. The summed E-state index contributed by atoms with van der Waals surface area (Å²) in [6.07, 6.45) is 14.6. The Balaban J connectivity index is 0.753. The van der Waals surface area contributed by atoms with Gasteiger partial charge in [0, 0.05) is 76.1 Å². The number of amides is 2. The van der Waals surface area contributed by atoms with Gasteiger partial charge in [-0.1, -0.05) is 29.8 Å². The van der Waals surface area contributed by atoms with Crippen LogP contribution in [0, 0.1) is 0 Å². The highest BCUT2D eigenvalue weighted by atomic mass is 35.5. The molecule has 0 spiro atoms. The van der Waals surface area contributed by atoms with Crippen LogP contribution in [0.5, 0.6) is 28.7 Å². The molecule has 4 aromatic heterocycles. The zero-order chi connectivity index (χ0) is 50.0. The molecular weight excluding hydrogens is 950 g/mol. The number of benzene rings is 4. The van der Waals surface area contributed by atoms with Gasteiger partial charge in [0.2, 0.25) is 11.8 Å². The number of hydrogen-bond acceptors (Lipinski definition) is 11. The molecule has 2 amide bonds. The van der Waals surface area contributed by atoms with E-state index in [0.29, 0.717) is 103 Å². The lowest BCUT2D eigenvalue weighted by Gasteiger charge is -2.25. The molecule has 17 nitrogen and oxygen atoms in total. The number of halogens is 1. The predicted octanol–water partition coefficient (Wildman–Crippen LogP) is 8.04. The summed E-state index contributed by atoms with van der Waals surface area (Å²) < 4.78 is 29.8. The molecule has 0 unspecified atom stereocenters. The minimum absolute atomic E-state index is 0.0890. The molecule has 0 aliphatic carbocycles. The Bertz CT molecular complexity index is 3560. The third-order valence-electron chi connectivity index (χ3n) is 13.6. The number of hydrogen-bond donors (Lipinski definition) is 0. The van der Waals surface area contributed by atoms with E-state index in [1.807, 2.05) is 79.0 Å². The summed E-state index contributed by atoms with van der Waals surface area (Å²) >= 11 is 6.87. The Kier molecular flexibility index (Phi) is 13.1. The number of rotatable bonds is 13. The standard InChI is InChI=1S/C55H50ClN9O8/c1-70-42-10-12-43(13-11-42)72-45-7-3-5-38(31-45)62-49-33-57-21-16-47(49)64(54(62)68)40-18-24-60(35-40)52(66)15-8-37-4-2-6-44(30-37)73-51-14-9-39(32-46(51)56)63-50-34-58-22-17-48(50)65(55(63)69)41-19-25-61(36-41)53(67)20-23-59-26-28-71-29-27-59/h2-17,20-23,30-34,40-41H,18-19,24-29,35-36H2,1H3/b15-8+,23-20+/t40-,41-/m1/s1. The number of morpholine rings is 1. The van der Waals surface area contributed by atoms with Crippen LogP contribution in [0.1, 0.15) is 30.5 Å². The second-order valence-electron chi connectivity index (χ2n) is 18.0. The maximum absolute atomic E-state index is 14.3. The highest BCUT2D eigenvalue weighted by Gasteiger charge is 2.32. The van der Waals surface area contributed by atoms with Crippen LogP contribution in [0.2, 0.25) is 5.02 Å². The van der Waals surface area contributed by atoms with Crippen LogP contribution in [0.4, 0.5) is 0 Å². The van der Waals surface area contributed by atoms with E-state index in [4.69, 9.17) is 30.5 Å². The summed E-state index contributed by atoms with van der Waals surface area (Å²) in [5.41, 5.74) is 4.07. The predicted molar refractivity (Wildman–Crippen MR) is 276 cm³/mol. The lowest BCUT2D eigenvalue weighted by atomic mass is 10.2. The molecule has 3 aliphatic rings. The van der Waals surface area contributed by atoms with Gasteiger partial charge in [-0.25, -0.2) is 9.59 Å². The lowest BCUT2D eigenvalue weighted by molar-refractivity contribution is -0.125. The van der Waals surface area contributed by atoms with Crippen molar-refractivity contribution < 1.29 is 28.5 Å². The van der Waals surface area contributed by atoms with Crippen LogP contribution < -0.4 is 25.6 Å². The van der Waals surface area contributed by atoms with Crippen molar-refractivity contribution in [3.05, 3.63) is 178 Å². The summed E-state index contributed by atoms with van der Waals surface area (Å²) in [6, 6.07) is 30.2. The van der Waals surface area contributed by atoms with E-state index in [1.165, 1.54) is 6.08 Å². The molecule has 18 heteroatoms. The minimum Gasteiger partial charge on any atom is -0.497 e. The molecule has 0 N–H and O–H groups in total. The number of aromatic nitrogens is 6. The smallest absolute Gasteiger partial charge is 0.334 e. The highest BCUT2D eigenvalue weighted by molar-refractivity contribution is 6.32. The Hall–Kier alpha value is -8.41. The van der Waals surface area contributed by atoms with Crippen LogP contribution in [0.15, 0.2) is 156 Å². The lowest BCUT2D eigenvalue weighted by Crippen LogP contribution is -2.33. The molecule has 11 rings (SSSR count). The minimum atomic E-state index is -0.263. The van der Waals surface area contributed by atoms with E-state index >= 15 is 0 Å². The van der Waals surface area contributed by atoms with Gasteiger partial charge < -0.3 is 33.6 Å². The molecule has 7 heterocycles. The summed E-state index contributed by atoms with van der Waals surface area (Å²) in [7, 11) is 1.61. The summed E-state index contributed by atoms with van der Waals surface area (Å²) in [5, 5.41) is 0.282. The average molecular weight is 1000 g/mol. The fraction of sp³-hybridized carbons (Fsp3) is 0.236. The van der Waals surface area contributed by atoms with Gasteiger partial charge in [-0.15, -0.1) is 0 Å². The topological polar surface area (TPSA) is 160 Å². The monoisotopic (exact) mass is 999 g/mol. The van der Waals surface area contributed by atoms with Gasteiger partial charge in [-0.05, 0) is 103 Å². The number of carbonyl (C=O) groups excluding carboxylic acids is 2. The van der Waals surface area contributed by atoms with Crippen LogP contribution in [0.3, 0.4) is 0 Å². The van der Waals surface area contributed by atoms with Gasteiger partial charge in [0.15, 0.2) is 0 Å². The molecule has 3 aliphatic heterocycles. The molecule has 73 heavy (non-hydrogen) atoms. The summed E-state index contributed by atoms with van der Waals surface area (Å²) in [6.45, 7) is 4.51. The Morgan fingerprint density at radius 1 is 0.630 bits per heavy atom. The van der Waals surface area contributed by atoms with Crippen LogP contribution in [-0.4, -0.2) is 114 Å². The molecule has 0 bridgehead atoms. The van der Waals surface area contributed by atoms with Gasteiger partial charge in [0.1, 0.15) is 28.7 Å². The highest BCUT2D eigenvalue weighted by Crippen LogP contribution is 2.34. The fourth-order valence-corrected chi connectivity index (χ4v) is 10.1. The Morgan fingerprint density at radius 3 is 1.85 bits per heavy atom. The number of pyridine rings is 2. The summed E-state index contributed by atoms with van der Waals surface area (Å²) in [4.78, 5) is 69.7. The van der Waals surface area contributed by atoms with Crippen molar-refractivity contribution in [2.24, 2.45) is 0 Å². The fourth-order valence-electron chi connectivity index (χ4n) is 9.91. The molecule has 2 atom stereocenters. The van der Waals surface area contributed by atoms with E-state index in [1.54, 1.807) is 102 Å². The van der Waals surface area contributed by atoms with Gasteiger partial charge in [-0.2, -0.15) is 0 Å². The van der Waals surface area contributed by atoms with Crippen molar-refractivity contribution in [1.29, 1.82) is 0 Å². The second-order valence-corrected chi connectivity index (χ2v) is 18.4. The largest absolute Gasteiger partial charge is 0.497 e. The van der Waals surface area contributed by atoms with Gasteiger partial charge in [0.05, 0.1) is 83.3 Å². The maximum Gasteiger partial charge on any atom is 0.334 e. The molecule has 3 fully saturated rings. The first-order chi connectivity index (χ1) is 35.7. The van der Waals surface area contributed by atoms with Crippen LogP contribution >= 0.6 is 11.6 Å². The quantitative estimate of drug-likeness (QED) is 0.103. The third kappa shape index (κ3) is 9.59. The SMILES string of the molecule is COc1ccc(Oc2cccc(-n3c(=O)n([C@@H]4CCN(C(=O)/C=C/c5cccc(Oc6ccc(-n7c(=O)n([C@@H]8CCN(C(=O)/C=C/N9CCOCC9)C8)c8ccncc87)cc6Cl)c5)C4)c4ccncc43)c2)cc1. The van der Waals surface area contributed by atoms with E-state index in [9.17, 15) is 19.2 Å². The van der Waals surface area contributed by atoms with Gasteiger partial charge >= 0.3 is 11.4 Å². The maximum atomic E-state index is 14.3. The number of carbonyl (C=O) groups is 2. The van der Waals surface area contributed by atoms with E-state index in [2.05, 4.69) is 14.9 Å². The number of fused-ring (bicyclic) bond motifs is 2. The first kappa shape index (κ1) is 46.9. The second kappa shape index (κ2) is 20.4. The van der Waals surface area contributed by atoms with Gasteiger partial charge in [0.25, 0.3) is 0 Å². The molecule has 0 radical (unpaired) electrons. The number of likely N-dealkylation sites (tertiary alicyclic amines) is 2. The molecule has 8 aromatic rings. The van der Waals surface area contributed by atoms with Crippen molar-refractivity contribution in [3.8, 4) is 40.1 Å². The molecule has 370 valence electrons. The van der Waals surface area contributed by atoms with E-state index in [0.717, 1.165) is 29.9 Å². The van der Waals surface area contributed by atoms with E-state index < -0.39 is 0 Å². The van der Waals surface area contributed by atoms with Crippen molar-refractivity contribution in [2.75, 3.05) is 59.6 Å². The number of methoxy groups -OCH3 is 1. The van der Waals surface area contributed by atoms with Crippen molar-refractivity contribution in [1.82, 2.24) is 42.9 Å². The van der Waals surface area contributed by atoms with Crippen molar-refractivity contribution >= 4 is 51.6 Å². The molecule has 0 saturated carbocycles. The normalized spacial score (nSPS) is 17.2. The van der Waals surface area contributed by atoms with Crippen LogP contribution in [-0.2, 0) is 14.3 Å².